The van der Waals surface area contributed by atoms with Crippen LogP contribution in [0, 0.1) is 10.1 Å². The van der Waals surface area contributed by atoms with Gasteiger partial charge in [-0.1, -0.05) is 12.1 Å². The number of nitrogens with zero attached hydrogens (tertiary/aromatic N) is 1. The summed E-state index contributed by atoms with van der Waals surface area (Å²) < 4.78 is 4.89. The summed E-state index contributed by atoms with van der Waals surface area (Å²) in [5, 5.41) is 10.3. The Morgan fingerprint density at radius 1 is 1.50 bits per heavy atom. The van der Waals surface area contributed by atoms with Crippen molar-refractivity contribution in [1.82, 2.24) is 0 Å². The van der Waals surface area contributed by atoms with Gasteiger partial charge >= 0.3 is 4.61 Å². The van der Waals surface area contributed by atoms with Crippen molar-refractivity contribution in [3.8, 4) is 5.75 Å². The lowest BCUT2D eigenvalue weighted by atomic mass is 10.2. The van der Waals surface area contributed by atoms with Crippen molar-refractivity contribution < 1.29 is 9.66 Å². The van der Waals surface area contributed by atoms with Crippen LogP contribution in [0.1, 0.15) is 5.56 Å². The molecular weight excluding hydrogens is 250 g/mol. The molecule has 0 N–H and O–H groups in total. The molecule has 0 saturated heterocycles. The summed E-state index contributed by atoms with van der Waals surface area (Å²) in [7, 11) is 1.57. The highest BCUT2D eigenvalue weighted by Gasteiger charge is 2.03. The minimum atomic E-state index is -0.496. The molecule has 0 aliphatic rings. The number of halogens is 1. The summed E-state index contributed by atoms with van der Waals surface area (Å²) in [6.07, 6.45) is 1.43. The number of benzene rings is 1. The van der Waals surface area contributed by atoms with Crippen LogP contribution in [0.3, 0.4) is 0 Å². The van der Waals surface area contributed by atoms with E-state index in [1.807, 2.05) is 0 Å². The van der Waals surface area contributed by atoms with Gasteiger partial charge in [0.1, 0.15) is 5.75 Å². The molecule has 74 valence electrons. The van der Waals surface area contributed by atoms with Crippen molar-refractivity contribution >= 4 is 22.0 Å². The molecule has 0 aliphatic carbocycles. The molecule has 0 fully saturated rings. The number of nitro groups is 1. The zero-order chi connectivity index (χ0) is 10.6. The highest BCUT2D eigenvalue weighted by atomic mass is 79.9. The molecule has 4 nitrogen and oxygen atoms in total. The Hall–Kier alpha value is -1.36. The van der Waals surface area contributed by atoms with E-state index in [2.05, 4.69) is 15.9 Å². The van der Waals surface area contributed by atoms with Gasteiger partial charge in [0.25, 0.3) is 0 Å². The van der Waals surface area contributed by atoms with Crippen LogP contribution in [0.4, 0.5) is 0 Å². The minimum Gasteiger partial charge on any atom is -0.497 e. The van der Waals surface area contributed by atoms with E-state index >= 15 is 0 Å². The van der Waals surface area contributed by atoms with Gasteiger partial charge in [0.15, 0.2) is 0 Å². The van der Waals surface area contributed by atoms with E-state index in [0.29, 0.717) is 0 Å². The predicted octanol–water partition coefficient (Wildman–Crippen LogP) is 2.67. The quantitative estimate of drug-likeness (QED) is 0.475. The molecule has 0 heterocycles. The molecule has 0 spiro atoms. The number of hydrogen-bond acceptors (Lipinski definition) is 3. The van der Waals surface area contributed by atoms with E-state index in [9.17, 15) is 10.1 Å². The summed E-state index contributed by atoms with van der Waals surface area (Å²) in [4.78, 5) is 9.80. The van der Waals surface area contributed by atoms with Crippen LogP contribution in [0.2, 0.25) is 0 Å². The summed E-state index contributed by atoms with van der Waals surface area (Å²) >= 11 is 2.85. The Balaban J connectivity index is 2.88. The van der Waals surface area contributed by atoms with Crippen molar-refractivity contribution in [2.24, 2.45) is 0 Å². The molecule has 0 saturated carbocycles. The summed E-state index contributed by atoms with van der Waals surface area (Å²) in [5.74, 6) is 0.722. The van der Waals surface area contributed by atoms with E-state index in [0.717, 1.165) is 11.3 Å². The van der Waals surface area contributed by atoms with Crippen molar-refractivity contribution in [2.75, 3.05) is 7.11 Å². The molecular formula is C9H8BrNO3. The Kier molecular flexibility index (Phi) is 3.64. The first-order valence-electron chi connectivity index (χ1n) is 3.79. The first-order chi connectivity index (χ1) is 6.63. The number of ether oxygens (including phenoxy) is 1. The predicted molar refractivity (Wildman–Crippen MR) is 56.9 cm³/mol. The number of rotatable bonds is 3. The molecule has 14 heavy (non-hydrogen) atoms. The van der Waals surface area contributed by atoms with Crippen LogP contribution >= 0.6 is 15.9 Å². The molecule has 0 amide bonds. The molecule has 0 aliphatic heterocycles. The first-order valence-corrected chi connectivity index (χ1v) is 4.58. The van der Waals surface area contributed by atoms with E-state index < -0.39 is 4.92 Å². The topological polar surface area (TPSA) is 52.4 Å². The fourth-order valence-electron chi connectivity index (χ4n) is 0.890. The maximum atomic E-state index is 10.3. The lowest BCUT2D eigenvalue weighted by Gasteiger charge is -1.98. The van der Waals surface area contributed by atoms with Crippen molar-refractivity contribution in [3.63, 3.8) is 0 Å². The minimum absolute atomic E-state index is 0.0670. The first kappa shape index (κ1) is 10.7. The van der Waals surface area contributed by atoms with Gasteiger partial charge in [-0.15, -0.1) is 0 Å². The van der Waals surface area contributed by atoms with Crippen LogP contribution in [-0.2, 0) is 0 Å². The molecule has 0 unspecified atom stereocenters. The average Bonchev–Trinajstić information content (AvgIpc) is 2.19. The highest BCUT2D eigenvalue weighted by Crippen LogP contribution is 2.16. The second kappa shape index (κ2) is 4.76. The van der Waals surface area contributed by atoms with Gasteiger partial charge in [0, 0.05) is 22.0 Å². The van der Waals surface area contributed by atoms with Crippen molar-refractivity contribution in [2.45, 2.75) is 0 Å². The smallest absolute Gasteiger partial charge is 0.311 e. The maximum Gasteiger partial charge on any atom is 0.311 e. The van der Waals surface area contributed by atoms with Gasteiger partial charge in [-0.2, -0.15) is 0 Å². The normalized spacial score (nSPS) is 11.1. The van der Waals surface area contributed by atoms with Crippen LogP contribution < -0.4 is 4.74 Å². The van der Waals surface area contributed by atoms with Crippen LogP contribution in [-0.4, -0.2) is 12.0 Å². The third-order valence-electron chi connectivity index (χ3n) is 1.58. The van der Waals surface area contributed by atoms with E-state index in [1.54, 1.807) is 31.4 Å². The molecule has 1 aromatic rings. The zero-order valence-corrected chi connectivity index (χ0v) is 9.02. The Morgan fingerprint density at radius 2 is 2.07 bits per heavy atom. The maximum absolute atomic E-state index is 10.3. The molecule has 0 radical (unpaired) electrons. The number of hydrogen-bond donors (Lipinski definition) is 0. The summed E-state index contributed by atoms with van der Waals surface area (Å²) in [5.41, 5.74) is 0.745. The van der Waals surface area contributed by atoms with E-state index in [-0.39, 0.29) is 4.61 Å². The van der Waals surface area contributed by atoms with Gasteiger partial charge in [-0.3, -0.25) is 10.1 Å². The summed E-state index contributed by atoms with van der Waals surface area (Å²) in [6.45, 7) is 0. The Labute approximate surface area is 89.5 Å². The second-order valence-corrected chi connectivity index (χ2v) is 3.31. The third kappa shape index (κ3) is 2.85. The standard InChI is InChI=1S/C9H8BrNO3/c1-14-8-4-2-7(3-5-8)6-9(10)11(12)13/h2-6H,1H3. The molecule has 0 bridgehead atoms. The van der Waals surface area contributed by atoms with Gasteiger partial charge < -0.3 is 4.74 Å². The van der Waals surface area contributed by atoms with Crippen LogP contribution in [0.25, 0.3) is 6.08 Å². The van der Waals surface area contributed by atoms with Gasteiger partial charge in [-0.05, 0) is 17.7 Å². The average molecular weight is 258 g/mol. The van der Waals surface area contributed by atoms with Gasteiger partial charge in [0.2, 0.25) is 0 Å². The van der Waals surface area contributed by atoms with Gasteiger partial charge in [0.05, 0.1) is 12.0 Å². The third-order valence-corrected chi connectivity index (χ3v) is 2.09. The molecule has 5 heteroatoms. The van der Waals surface area contributed by atoms with Crippen molar-refractivity contribution in [3.05, 3.63) is 44.5 Å². The van der Waals surface area contributed by atoms with Gasteiger partial charge in [-0.25, -0.2) is 0 Å². The van der Waals surface area contributed by atoms with E-state index in [4.69, 9.17) is 4.74 Å². The lowest BCUT2D eigenvalue weighted by Crippen LogP contribution is -1.90. The highest BCUT2D eigenvalue weighted by molar-refractivity contribution is 9.11. The fourth-order valence-corrected chi connectivity index (χ4v) is 1.15. The second-order valence-electron chi connectivity index (χ2n) is 2.50. The van der Waals surface area contributed by atoms with Crippen molar-refractivity contribution in [1.29, 1.82) is 0 Å². The SMILES string of the molecule is COc1ccc(C=C(Br)[N+](=O)[O-])cc1. The number of methoxy groups -OCH3 is 1. The zero-order valence-electron chi connectivity index (χ0n) is 7.44. The fraction of sp³-hybridized carbons (Fsp3) is 0.111. The van der Waals surface area contributed by atoms with Crippen LogP contribution in [0.5, 0.6) is 5.75 Å². The molecule has 0 atom stereocenters. The Bertz CT molecular complexity index is 359. The molecule has 1 rings (SSSR count). The monoisotopic (exact) mass is 257 g/mol. The van der Waals surface area contributed by atoms with E-state index in [1.165, 1.54) is 6.08 Å². The van der Waals surface area contributed by atoms with Crippen LogP contribution in [0.15, 0.2) is 28.9 Å². The molecule has 0 aromatic heterocycles. The Morgan fingerprint density at radius 3 is 2.50 bits per heavy atom. The lowest BCUT2D eigenvalue weighted by molar-refractivity contribution is -0.407. The molecule has 1 aromatic carbocycles. The summed E-state index contributed by atoms with van der Waals surface area (Å²) in [6, 6.07) is 6.96. The largest absolute Gasteiger partial charge is 0.497 e.